The molecule has 0 radical (unpaired) electrons. The van der Waals surface area contributed by atoms with E-state index in [0.717, 1.165) is 10.0 Å². The zero-order valence-electron chi connectivity index (χ0n) is 16.0. The van der Waals surface area contributed by atoms with Crippen LogP contribution < -0.4 is 10.6 Å². The Morgan fingerprint density at radius 3 is 2.67 bits per heavy atom. The molecule has 154 valence electrons. The molecule has 0 aliphatic carbocycles. The highest BCUT2D eigenvalue weighted by Gasteiger charge is 2.16. The number of aromatic nitrogens is 1. The summed E-state index contributed by atoms with van der Waals surface area (Å²) in [5.74, 6) is -0.915. The summed E-state index contributed by atoms with van der Waals surface area (Å²) in [6.07, 6.45) is 1.47. The van der Waals surface area contributed by atoms with Crippen molar-refractivity contribution in [3.63, 3.8) is 0 Å². The van der Waals surface area contributed by atoms with Gasteiger partial charge >= 0.3 is 12.0 Å². The third kappa shape index (κ3) is 5.77. The molecule has 1 aromatic carbocycles. The molecule has 2 heterocycles. The number of esters is 1. The van der Waals surface area contributed by atoms with Crippen LogP contribution in [0.25, 0.3) is 11.3 Å². The van der Waals surface area contributed by atoms with Crippen LogP contribution in [0.5, 0.6) is 0 Å². The van der Waals surface area contributed by atoms with Gasteiger partial charge < -0.3 is 14.5 Å². The lowest BCUT2D eigenvalue weighted by Gasteiger charge is -2.09. The SMILES string of the molecule is Cc1nc(-c2cccc(Br)c2)ccc1C(=O)OCC(=O)NC(=O)NCc1ccco1. The van der Waals surface area contributed by atoms with Crippen LogP contribution >= 0.6 is 15.9 Å². The molecule has 3 aromatic rings. The molecule has 0 aliphatic heterocycles. The number of ether oxygens (including phenoxy) is 1. The Labute approximate surface area is 180 Å². The lowest BCUT2D eigenvalue weighted by atomic mass is 10.1. The predicted molar refractivity (Wildman–Crippen MR) is 111 cm³/mol. The molecule has 9 heteroatoms. The maximum atomic E-state index is 12.3. The molecule has 0 atom stereocenters. The molecular weight excluding hydrogens is 454 g/mol. The zero-order chi connectivity index (χ0) is 21.5. The van der Waals surface area contributed by atoms with Crippen molar-refractivity contribution >= 4 is 33.8 Å². The van der Waals surface area contributed by atoms with Gasteiger partial charge in [0.1, 0.15) is 5.76 Å². The summed E-state index contributed by atoms with van der Waals surface area (Å²) in [5, 5.41) is 4.52. The van der Waals surface area contributed by atoms with Crippen LogP contribution in [0.3, 0.4) is 0 Å². The van der Waals surface area contributed by atoms with Crippen LogP contribution in [0.15, 0.2) is 63.7 Å². The van der Waals surface area contributed by atoms with Crippen molar-refractivity contribution < 1.29 is 23.5 Å². The average Bonchev–Trinajstić information content (AvgIpc) is 3.24. The van der Waals surface area contributed by atoms with E-state index in [-0.39, 0.29) is 12.1 Å². The minimum absolute atomic E-state index is 0.126. The second-order valence-electron chi connectivity index (χ2n) is 6.23. The molecule has 0 unspecified atom stereocenters. The second-order valence-corrected chi connectivity index (χ2v) is 7.14. The van der Waals surface area contributed by atoms with Gasteiger partial charge in [-0.25, -0.2) is 9.59 Å². The fourth-order valence-corrected chi connectivity index (χ4v) is 2.98. The molecule has 3 rings (SSSR count). The Bertz CT molecular complexity index is 1070. The molecule has 0 spiro atoms. The first-order valence-corrected chi connectivity index (χ1v) is 9.72. The fraction of sp³-hybridized carbons (Fsp3) is 0.143. The molecule has 0 bridgehead atoms. The van der Waals surface area contributed by atoms with Gasteiger partial charge in [0.05, 0.1) is 29.8 Å². The average molecular weight is 472 g/mol. The predicted octanol–water partition coefficient (Wildman–Crippen LogP) is 3.60. The van der Waals surface area contributed by atoms with Crippen LogP contribution in [0.4, 0.5) is 4.79 Å². The third-order valence-corrected chi connectivity index (χ3v) is 4.51. The molecular formula is C21H18BrN3O5. The van der Waals surface area contributed by atoms with E-state index in [2.05, 4.69) is 31.5 Å². The fourth-order valence-electron chi connectivity index (χ4n) is 2.58. The molecule has 8 nitrogen and oxygen atoms in total. The summed E-state index contributed by atoms with van der Waals surface area (Å²) in [6, 6.07) is 13.6. The Hall–Kier alpha value is -3.46. The highest BCUT2D eigenvalue weighted by Crippen LogP contribution is 2.22. The molecule has 0 saturated heterocycles. The minimum atomic E-state index is -0.753. The number of rotatable bonds is 6. The van der Waals surface area contributed by atoms with Crippen LogP contribution in [-0.2, 0) is 16.1 Å². The number of hydrogen-bond acceptors (Lipinski definition) is 6. The number of carbonyl (C=O) groups is 3. The lowest BCUT2D eigenvalue weighted by molar-refractivity contribution is -0.123. The van der Waals surface area contributed by atoms with Gasteiger partial charge in [-0.05, 0) is 43.3 Å². The normalized spacial score (nSPS) is 10.3. The van der Waals surface area contributed by atoms with E-state index in [1.165, 1.54) is 6.26 Å². The standard InChI is InChI=1S/C21H18BrN3O5/c1-13-17(7-8-18(24-13)14-4-2-5-15(22)10-14)20(27)30-12-19(26)25-21(28)23-11-16-6-3-9-29-16/h2-10H,11-12H2,1H3,(H2,23,25,26,28). The van der Waals surface area contributed by atoms with E-state index in [1.54, 1.807) is 31.2 Å². The van der Waals surface area contributed by atoms with E-state index >= 15 is 0 Å². The highest BCUT2D eigenvalue weighted by molar-refractivity contribution is 9.10. The van der Waals surface area contributed by atoms with Crippen LogP contribution in [0.2, 0.25) is 0 Å². The van der Waals surface area contributed by atoms with Gasteiger partial charge in [-0.3, -0.25) is 15.1 Å². The molecule has 30 heavy (non-hydrogen) atoms. The first kappa shape index (κ1) is 21.3. The molecule has 0 aliphatic rings. The summed E-state index contributed by atoms with van der Waals surface area (Å²) in [5.41, 5.74) is 2.31. The number of furan rings is 1. The molecule has 3 amide bonds. The van der Waals surface area contributed by atoms with Crippen molar-refractivity contribution in [2.45, 2.75) is 13.5 Å². The molecule has 0 fully saturated rings. The highest BCUT2D eigenvalue weighted by atomic mass is 79.9. The summed E-state index contributed by atoms with van der Waals surface area (Å²) in [6.45, 7) is 1.21. The van der Waals surface area contributed by atoms with E-state index < -0.39 is 24.5 Å². The van der Waals surface area contributed by atoms with Gasteiger partial charge in [-0.2, -0.15) is 0 Å². The first-order valence-electron chi connectivity index (χ1n) is 8.93. The summed E-state index contributed by atoms with van der Waals surface area (Å²) in [4.78, 5) is 40.2. The minimum Gasteiger partial charge on any atom is -0.467 e. The van der Waals surface area contributed by atoms with Crippen molar-refractivity contribution in [2.75, 3.05) is 6.61 Å². The topological polar surface area (TPSA) is 111 Å². The number of benzene rings is 1. The maximum Gasteiger partial charge on any atom is 0.340 e. The number of nitrogens with one attached hydrogen (secondary N) is 2. The largest absolute Gasteiger partial charge is 0.467 e. The summed E-state index contributed by atoms with van der Waals surface area (Å²) in [7, 11) is 0. The number of imide groups is 1. The quantitative estimate of drug-likeness (QED) is 0.531. The van der Waals surface area contributed by atoms with Crippen molar-refractivity contribution in [1.82, 2.24) is 15.6 Å². The number of aryl methyl sites for hydroxylation is 1. The van der Waals surface area contributed by atoms with Crippen LogP contribution in [0, 0.1) is 6.92 Å². The molecule has 2 aromatic heterocycles. The zero-order valence-corrected chi connectivity index (χ0v) is 17.6. The van der Waals surface area contributed by atoms with Gasteiger partial charge in [0, 0.05) is 10.0 Å². The number of amides is 3. The number of halogens is 1. The molecule has 2 N–H and O–H groups in total. The number of pyridine rings is 1. The smallest absolute Gasteiger partial charge is 0.340 e. The second kappa shape index (κ2) is 9.84. The van der Waals surface area contributed by atoms with Crippen molar-refractivity contribution in [2.24, 2.45) is 0 Å². The third-order valence-electron chi connectivity index (χ3n) is 4.02. The van der Waals surface area contributed by atoms with Crippen molar-refractivity contribution in [1.29, 1.82) is 0 Å². The first-order chi connectivity index (χ1) is 14.4. The Morgan fingerprint density at radius 1 is 1.13 bits per heavy atom. The number of urea groups is 1. The summed E-state index contributed by atoms with van der Waals surface area (Å²) >= 11 is 3.41. The van der Waals surface area contributed by atoms with E-state index in [1.807, 2.05) is 24.3 Å². The van der Waals surface area contributed by atoms with Gasteiger partial charge in [0.15, 0.2) is 6.61 Å². The monoisotopic (exact) mass is 471 g/mol. The van der Waals surface area contributed by atoms with Crippen molar-refractivity contribution in [3.05, 3.63) is 76.3 Å². The Morgan fingerprint density at radius 2 is 1.97 bits per heavy atom. The number of carbonyl (C=O) groups excluding carboxylic acids is 3. The van der Waals surface area contributed by atoms with Gasteiger partial charge in [-0.15, -0.1) is 0 Å². The van der Waals surface area contributed by atoms with E-state index in [0.29, 0.717) is 17.1 Å². The maximum absolute atomic E-state index is 12.3. The van der Waals surface area contributed by atoms with Crippen LogP contribution in [0.1, 0.15) is 21.8 Å². The molecule has 0 saturated carbocycles. The lowest BCUT2D eigenvalue weighted by Crippen LogP contribution is -2.41. The Balaban J connectivity index is 1.51. The Kier molecular flexibility index (Phi) is 6.97. The van der Waals surface area contributed by atoms with Gasteiger partial charge in [0.25, 0.3) is 5.91 Å². The van der Waals surface area contributed by atoms with E-state index in [9.17, 15) is 14.4 Å². The number of hydrogen-bond donors (Lipinski definition) is 2. The van der Waals surface area contributed by atoms with Crippen molar-refractivity contribution in [3.8, 4) is 11.3 Å². The van der Waals surface area contributed by atoms with Crippen LogP contribution in [-0.4, -0.2) is 29.5 Å². The number of nitrogens with zero attached hydrogens (tertiary/aromatic N) is 1. The van der Waals surface area contributed by atoms with E-state index in [4.69, 9.17) is 9.15 Å². The summed E-state index contributed by atoms with van der Waals surface area (Å²) < 4.78 is 11.0. The van der Waals surface area contributed by atoms with Gasteiger partial charge in [0.2, 0.25) is 0 Å². The van der Waals surface area contributed by atoms with Gasteiger partial charge in [-0.1, -0.05) is 28.1 Å².